The lowest BCUT2D eigenvalue weighted by Gasteiger charge is -2.36. The number of carbonyl (C=O) groups is 2. The van der Waals surface area contributed by atoms with E-state index in [1.54, 1.807) is 13.8 Å². The van der Waals surface area contributed by atoms with E-state index in [9.17, 15) is 9.59 Å². The zero-order valence-electron chi connectivity index (χ0n) is 22.0. The quantitative estimate of drug-likeness (QED) is 0.388. The molecule has 1 aromatic heterocycles. The van der Waals surface area contributed by atoms with E-state index in [0.717, 1.165) is 40.8 Å². The van der Waals surface area contributed by atoms with Crippen molar-refractivity contribution in [3.8, 4) is 11.4 Å². The van der Waals surface area contributed by atoms with Crippen molar-refractivity contribution in [2.24, 2.45) is 5.73 Å². The molecule has 0 aliphatic carbocycles. The topological polar surface area (TPSA) is 93.2 Å². The largest absolute Gasteiger partial charge is 0.342 e. The smallest absolute Gasteiger partial charge is 0.245 e. The summed E-state index contributed by atoms with van der Waals surface area (Å²) in [7, 11) is 0. The summed E-state index contributed by atoms with van der Waals surface area (Å²) >= 11 is 0. The highest BCUT2D eigenvalue weighted by Gasteiger charge is 2.33. The van der Waals surface area contributed by atoms with Crippen LogP contribution in [-0.2, 0) is 16.0 Å². The molecule has 2 heterocycles. The maximum absolute atomic E-state index is 13.7. The van der Waals surface area contributed by atoms with Crippen LogP contribution in [-0.4, -0.2) is 50.9 Å². The Hall–Kier alpha value is -3.97. The predicted octanol–water partition coefficient (Wildman–Crippen LogP) is 4.33. The number of nitrogens with two attached hydrogens (primary N) is 1. The van der Waals surface area contributed by atoms with Crippen molar-refractivity contribution in [1.82, 2.24) is 19.8 Å². The normalized spacial score (nSPS) is 15.4. The van der Waals surface area contributed by atoms with E-state index in [1.807, 2.05) is 71.6 Å². The highest BCUT2D eigenvalue weighted by atomic mass is 16.2. The summed E-state index contributed by atoms with van der Waals surface area (Å²) in [6.45, 7) is 4.52. The van der Waals surface area contributed by atoms with E-state index in [2.05, 4.69) is 28.1 Å². The summed E-state index contributed by atoms with van der Waals surface area (Å²) < 4.78 is 2.34. The molecule has 1 unspecified atom stereocenters. The molecule has 1 aliphatic rings. The van der Waals surface area contributed by atoms with Gasteiger partial charge in [-0.05, 0) is 44.4 Å². The number of benzene rings is 3. The molecule has 0 radical (unpaired) electrons. The van der Waals surface area contributed by atoms with Gasteiger partial charge in [-0.25, -0.2) is 4.98 Å². The van der Waals surface area contributed by atoms with Crippen LogP contribution in [0.15, 0.2) is 84.9 Å². The zero-order valence-corrected chi connectivity index (χ0v) is 22.0. The number of carbonyl (C=O) groups excluding carboxylic acids is 2. The Morgan fingerprint density at radius 2 is 1.55 bits per heavy atom. The number of aromatic nitrogens is 2. The average Bonchev–Trinajstić information content (AvgIpc) is 3.32. The molecule has 4 aromatic rings. The van der Waals surface area contributed by atoms with Crippen molar-refractivity contribution >= 4 is 22.8 Å². The first kappa shape index (κ1) is 25.7. The number of fused-ring (bicyclic) bond motifs is 1. The van der Waals surface area contributed by atoms with Gasteiger partial charge in [0.05, 0.1) is 16.6 Å². The van der Waals surface area contributed by atoms with E-state index in [0.29, 0.717) is 19.5 Å². The Morgan fingerprint density at radius 1 is 0.947 bits per heavy atom. The van der Waals surface area contributed by atoms with Gasteiger partial charge >= 0.3 is 0 Å². The van der Waals surface area contributed by atoms with Crippen LogP contribution >= 0.6 is 0 Å². The second-order valence-electron chi connectivity index (χ2n) is 10.7. The molecule has 1 saturated heterocycles. The summed E-state index contributed by atoms with van der Waals surface area (Å²) in [6, 6.07) is 27.8. The van der Waals surface area contributed by atoms with Gasteiger partial charge in [0, 0.05) is 31.1 Å². The second kappa shape index (κ2) is 10.8. The van der Waals surface area contributed by atoms with Crippen molar-refractivity contribution in [3.05, 3.63) is 90.5 Å². The minimum atomic E-state index is -1.07. The number of hydrogen-bond acceptors (Lipinski definition) is 4. The molecule has 0 spiro atoms. The third kappa shape index (κ3) is 5.48. The molecule has 5 rings (SSSR count). The molecule has 2 amide bonds. The van der Waals surface area contributed by atoms with Gasteiger partial charge in [-0.15, -0.1) is 0 Å². The Labute approximate surface area is 223 Å². The van der Waals surface area contributed by atoms with Crippen LogP contribution in [0.25, 0.3) is 22.4 Å². The van der Waals surface area contributed by atoms with Crippen LogP contribution < -0.4 is 11.1 Å². The fraction of sp³-hybridized carbons (Fsp3) is 0.323. The molecule has 196 valence electrons. The Bertz CT molecular complexity index is 1400. The van der Waals surface area contributed by atoms with Crippen molar-refractivity contribution in [1.29, 1.82) is 0 Å². The molecule has 38 heavy (non-hydrogen) atoms. The summed E-state index contributed by atoms with van der Waals surface area (Å²) in [5, 5.41) is 2.93. The number of likely N-dealkylation sites (tertiary alicyclic amines) is 1. The number of hydrogen-bond donors (Lipinski definition) is 2. The van der Waals surface area contributed by atoms with Gasteiger partial charge in [0.2, 0.25) is 11.8 Å². The molecule has 1 aliphatic heterocycles. The number of nitrogens with zero attached hydrogens (tertiary/aromatic N) is 3. The number of imidazole rings is 1. The first-order chi connectivity index (χ1) is 18.3. The van der Waals surface area contributed by atoms with Crippen LogP contribution in [0.4, 0.5) is 0 Å². The molecule has 3 aromatic carbocycles. The van der Waals surface area contributed by atoms with Gasteiger partial charge in [0.15, 0.2) is 0 Å². The maximum Gasteiger partial charge on any atom is 0.245 e. The Kier molecular flexibility index (Phi) is 7.29. The van der Waals surface area contributed by atoms with Gasteiger partial charge in [-0.1, -0.05) is 72.8 Å². The van der Waals surface area contributed by atoms with Crippen molar-refractivity contribution in [3.63, 3.8) is 0 Å². The molecule has 7 nitrogen and oxygen atoms in total. The van der Waals surface area contributed by atoms with Gasteiger partial charge in [0.25, 0.3) is 0 Å². The van der Waals surface area contributed by atoms with E-state index in [-0.39, 0.29) is 17.9 Å². The maximum atomic E-state index is 13.7. The van der Waals surface area contributed by atoms with Crippen LogP contribution in [0.5, 0.6) is 0 Å². The van der Waals surface area contributed by atoms with Gasteiger partial charge in [-0.2, -0.15) is 0 Å². The van der Waals surface area contributed by atoms with E-state index >= 15 is 0 Å². The van der Waals surface area contributed by atoms with Crippen LogP contribution in [0, 0.1) is 0 Å². The second-order valence-corrected chi connectivity index (χ2v) is 10.7. The molecular weight excluding hydrogens is 474 g/mol. The summed E-state index contributed by atoms with van der Waals surface area (Å²) in [6.07, 6.45) is 2.03. The highest BCUT2D eigenvalue weighted by Crippen LogP contribution is 2.33. The average molecular weight is 510 g/mol. The SMILES string of the molecule is CC(C)(N)C(=O)NC(Cc1ccccc1)C(=O)N1CCC(n2c(-c3ccccc3)nc3ccccc32)CC1. The van der Waals surface area contributed by atoms with E-state index in [1.165, 1.54) is 0 Å². The zero-order chi connectivity index (χ0) is 26.7. The van der Waals surface area contributed by atoms with Crippen LogP contribution in [0.2, 0.25) is 0 Å². The lowest BCUT2D eigenvalue weighted by Crippen LogP contribution is -2.57. The minimum Gasteiger partial charge on any atom is -0.342 e. The lowest BCUT2D eigenvalue weighted by molar-refractivity contribution is -0.138. The number of amides is 2. The molecule has 3 N–H and O–H groups in total. The summed E-state index contributed by atoms with van der Waals surface area (Å²) in [5.74, 6) is 0.554. The number of piperidine rings is 1. The fourth-order valence-corrected chi connectivity index (χ4v) is 5.16. The first-order valence-electron chi connectivity index (χ1n) is 13.3. The molecular formula is C31H35N5O2. The standard InChI is InChI=1S/C31H35N5O2/c1-31(2,32)30(38)34-26(21-22-11-5-3-6-12-22)29(37)35-19-17-24(18-20-35)36-27-16-10-9-15-25(27)33-28(36)23-13-7-4-8-14-23/h3-16,24,26H,17-21,32H2,1-2H3,(H,34,38). The third-order valence-corrected chi connectivity index (χ3v) is 7.24. The summed E-state index contributed by atoms with van der Waals surface area (Å²) in [5.41, 5.74) is 9.12. The molecule has 1 fully saturated rings. The van der Waals surface area contributed by atoms with Gasteiger partial charge in [-0.3, -0.25) is 9.59 Å². The number of nitrogens with one attached hydrogen (secondary N) is 1. The minimum absolute atomic E-state index is 0.0660. The van der Waals surface area contributed by atoms with E-state index < -0.39 is 11.6 Å². The first-order valence-corrected chi connectivity index (χ1v) is 13.3. The number of para-hydroxylation sites is 2. The van der Waals surface area contributed by atoms with Crippen molar-refractivity contribution in [2.75, 3.05) is 13.1 Å². The predicted molar refractivity (Wildman–Crippen MR) is 150 cm³/mol. The van der Waals surface area contributed by atoms with Crippen molar-refractivity contribution in [2.45, 2.75) is 50.7 Å². The third-order valence-electron chi connectivity index (χ3n) is 7.24. The van der Waals surface area contributed by atoms with Crippen molar-refractivity contribution < 1.29 is 9.59 Å². The Balaban J connectivity index is 1.36. The summed E-state index contributed by atoms with van der Waals surface area (Å²) in [4.78, 5) is 33.3. The number of rotatable bonds is 7. The molecule has 0 saturated carbocycles. The molecule has 1 atom stereocenters. The molecule has 7 heteroatoms. The fourth-order valence-electron chi connectivity index (χ4n) is 5.16. The van der Waals surface area contributed by atoms with E-state index in [4.69, 9.17) is 10.7 Å². The van der Waals surface area contributed by atoms with Crippen LogP contribution in [0.3, 0.4) is 0 Å². The van der Waals surface area contributed by atoms with Crippen LogP contribution in [0.1, 0.15) is 38.3 Å². The van der Waals surface area contributed by atoms with Gasteiger partial charge in [0.1, 0.15) is 11.9 Å². The lowest BCUT2D eigenvalue weighted by atomic mass is 9.99. The monoisotopic (exact) mass is 509 g/mol. The highest BCUT2D eigenvalue weighted by molar-refractivity contribution is 5.91. The van der Waals surface area contributed by atoms with Gasteiger partial charge < -0.3 is 20.5 Å². The Morgan fingerprint density at radius 3 is 2.21 bits per heavy atom. The molecule has 0 bridgehead atoms.